The molecule has 5 heteroatoms. The number of hydrogen-bond donors (Lipinski definition) is 0. The first-order valence-corrected chi connectivity index (χ1v) is 18.7. The van der Waals surface area contributed by atoms with Gasteiger partial charge in [0.25, 0.3) is 0 Å². The van der Waals surface area contributed by atoms with Gasteiger partial charge in [0.05, 0.1) is 5.52 Å². The Bertz CT molecular complexity index is 2980. The van der Waals surface area contributed by atoms with E-state index in [4.69, 9.17) is 19.9 Å². The Balaban J connectivity index is 1.12. The molecular weight excluding hydrogens is 659 g/mol. The van der Waals surface area contributed by atoms with Crippen molar-refractivity contribution in [1.29, 1.82) is 0 Å². The smallest absolute Gasteiger partial charge is 0.164 e. The van der Waals surface area contributed by atoms with Gasteiger partial charge in [-0.3, -0.25) is 4.57 Å². The Labute approximate surface area is 313 Å². The van der Waals surface area contributed by atoms with Gasteiger partial charge in [0, 0.05) is 44.8 Å². The highest BCUT2D eigenvalue weighted by atomic mass is 15.0. The topological polar surface area (TPSA) is 56.5 Å². The van der Waals surface area contributed by atoms with Gasteiger partial charge in [-0.05, 0) is 87.3 Å². The van der Waals surface area contributed by atoms with Gasteiger partial charge >= 0.3 is 0 Å². The van der Waals surface area contributed by atoms with E-state index >= 15 is 0 Å². The van der Waals surface area contributed by atoms with Crippen molar-refractivity contribution in [3.8, 4) is 51.0 Å². The maximum absolute atomic E-state index is 5.35. The fourth-order valence-electron chi connectivity index (χ4n) is 9.07. The lowest BCUT2D eigenvalue weighted by atomic mass is 9.80. The molecule has 0 spiro atoms. The minimum absolute atomic E-state index is 0.343. The second-order valence-electron chi connectivity index (χ2n) is 15.0. The molecule has 2 aliphatic carbocycles. The summed E-state index contributed by atoms with van der Waals surface area (Å²) in [6.07, 6.45) is 8.43. The zero-order valence-corrected chi connectivity index (χ0v) is 30.1. The summed E-state index contributed by atoms with van der Waals surface area (Å²) >= 11 is 0. The van der Waals surface area contributed by atoms with Crippen LogP contribution in [0.5, 0.6) is 0 Å². The number of para-hydroxylation sites is 1. The largest absolute Gasteiger partial charge is 0.294 e. The van der Waals surface area contributed by atoms with Gasteiger partial charge in [0.1, 0.15) is 5.65 Å². The second-order valence-corrected chi connectivity index (χ2v) is 15.0. The molecule has 0 N–H and O–H groups in total. The Morgan fingerprint density at radius 3 is 2.17 bits per heavy atom. The molecule has 0 saturated heterocycles. The fourth-order valence-corrected chi connectivity index (χ4v) is 9.07. The zero-order chi connectivity index (χ0) is 36.0. The normalized spacial score (nSPS) is 14.0. The highest BCUT2D eigenvalue weighted by molar-refractivity contribution is 6.08. The Morgan fingerprint density at radius 2 is 1.26 bits per heavy atom. The minimum atomic E-state index is -0.343. The van der Waals surface area contributed by atoms with E-state index in [1.54, 1.807) is 0 Å². The van der Waals surface area contributed by atoms with Gasteiger partial charge in [-0.1, -0.05) is 129 Å². The van der Waals surface area contributed by atoms with Crippen molar-refractivity contribution < 1.29 is 0 Å². The maximum Gasteiger partial charge on any atom is 0.164 e. The molecule has 5 nitrogen and oxygen atoms in total. The van der Waals surface area contributed by atoms with Gasteiger partial charge in [-0.15, -0.1) is 0 Å². The molecule has 11 rings (SSSR count). The Morgan fingerprint density at radius 1 is 0.574 bits per heavy atom. The number of hydrogen-bond acceptors (Lipinski definition) is 4. The van der Waals surface area contributed by atoms with Crippen LogP contribution in [0.3, 0.4) is 0 Å². The van der Waals surface area contributed by atoms with E-state index in [1.807, 2.05) is 12.3 Å². The van der Waals surface area contributed by atoms with E-state index in [2.05, 4.69) is 158 Å². The number of allylic oxidation sites excluding steroid dienone is 1. The number of aromatic nitrogens is 5. The number of rotatable bonds is 4. The number of pyridine rings is 1. The summed E-state index contributed by atoms with van der Waals surface area (Å²) in [6.45, 7) is 4.67. The first kappa shape index (κ1) is 30.9. The molecule has 0 atom stereocenters. The quantitative estimate of drug-likeness (QED) is 0.184. The van der Waals surface area contributed by atoms with Crippen LogP contribution in [0.2, 0.25) is 0 Å². The third-order valence-electron chi connectivity index (χ3n) is 11.6. The average Bonchev–Trinajstić information content (AvgIpc) is 3.68. The summed E-state index contributed by atoms with van der Waals surface area (Å²) in [6, 6.07) is 47.6. The molecule has 0 fully saturated rings. The number of nitrogens with zero attached hydrogens (tertiary/aromatic N) is 5. The SMILES string of the molecule is CC1(C)c2cc(-n3c4ccccc4c4cccnc43)ccc2-c2cccc(-c3nc(-c4cccc5c4C=CCC5)nc(-c4cccc5ccccc45)n3)c21. The molecule has 256 valence electrons. The van der Waals surface area contributed by atoms with Crippen molar-refractivity contribution in [2.75, 3.05) is 0 Å². The van der Waals surface area contributed by atoms with Crippen molar-refractivity contribution in [2.24, 2.45) is 0 Å². The molecule has 0 aliphatic heterocycles. The highest BCUT2D eigenvalue weighted by Crippen LogP contribution is 2.52. The molecule has 0 unspecified atom stereocenters. The molecular formula is C49H35N5. The summed E-state index contributed by atoms with van der Waals surface area (Å²) < 4.78 is 2.30. The van der Waals surface area contributed by atoms with E-state index in [0.717, 1.165) is 62.5 Å². The van der Waals surface area contributed by atoms with Crippen molar-refractivity contribution in [3.05, 3.63) is 168 Å². The molecule has 0 bridgehead atoms. The van der Waals surface area contributed by atoms with Crippen LogP contribution in [-0.4, -0.2) is 24.5 Å². The van der Waals surface area contributed by atoms with E-state index in [0.29, 0.717) is 17.5 Å². The summed E-state index contributed by atoms with van der Waals surface area (Å²) in [7, 11) is 0. The fraction of sp³-hybridized carbons (Fsp3) is 0.102. The van der Waals surface area contributed by atoms with Gasteiger partial charge < -0.3 is 0 Å². The third-order valence-corrected chi connectivity index (χ3v) is 11.6. The van der Waals surface area contributed by atoms with Crippen LogP contribution < -0.4 is 0 Å². The average molecular weight is 694 g/mol. The van der Waals surface area contributed by atoms with E-state index in [1.165, 1.54) is 38.8 Å². The predicted molar refractivity (Wildman–Crippen MR) is 221 cm³/mol. The lowest BCUT2D eigenvalue weighted by Gasteiger charge is -2.25. The van der Waals surface area contributed by atoms with Gasteiger partial charge in [-0.25, -0.2) is 19.9 Å². The predicted octanol–water partition coefficient (Wildman–Crippen LogP) is 11.8. The third kappa shape index (κ3) is 4.51. The summed E-state index contributed by atoms with van der Waals surface area (Å²) in [4.78, 5) is 20.8. The number of fused-ring (bicyclic) bond motifs is 8. The van der Waals surface area contributed by atoms with Crippen molar-refractivity contribution in [1.82, 2.24) is 24.5 Å². The number of benzene rings is 6. The Hall–Kier alpha value is -6.72. The highest BCUT2D eigenvalue weighted by Gasteiger charge is 2.39. The van der Waals surface area contributed by atoms with Gasteiger partial charge in [0.2, 0.25) is 0 Å². The van der Waals surface area contributed by atoms with Crippen LogP contribution in [-0.2, 0) is 11.8 Å². The van der Waals surface area contributed by atoms with Crippen LogP contribution >= 0.6 is 0 Å². The molecule has 0 radical (unpaired) electrons. The molecule has 0 amide bonds. The standard InChI is InChI=1S/C49H35N5/c1-49(2)42-29-32(54-43-25-8-7-19-36(43)40-24-12-28-50-48(40)54)26-27-35(42)37-20-11-23-41(44(37)49)47-52-45(38-21-9-15-30-13-3-5-17-33(30)38)51-46(53-47)39-22-10-16-31-14-4-6-18-34(31)39/h3,5-13,15-29H,4,14H2,1-2H3. The van der Waals surface area contributed by atoms with Crippen molar-refractivity contribution in [3.63, 3.8) is 0 Å². The van der Waals surface area contributed by atoms with Crippen LogP contribution in [0.1, 0.15) is 42.5 Å². The van der Waals surface area contributed by atoms with Crippen molar-refractivity contribution >= 4 is 38.8 Å². The molecule has 54 heavy (non-hydrogen) atoms. The molecule has 2 aliphatic rings. The first-order valence-electron chi connectivity index (χ1n) is 18.7. The molecule has 3 heterocycles. The summed E-state index contributed by atoms with van der Waals surface area (Å²) in [5, 5.41) is 4.64. The van der Waals surface area contributed by atoms with Crippen LogP contribution in [0.15, 0.2) is 146 Å². The lowest BCUT2D eigenvalue weighted by Crippen LogP contribution is -2.17. The monoisotopic (exact) mass is 693 g/mol. The van der Waals surface area contributed by atoms with Gasteiger partial charge in [-0.2, -0.15) is 0 Å². The molecule has 3 aromatic heterocycles. The van der Waals surface area contributed by atoms with E-state index in [9.17, 15) is 0 Å². The summed E-state index contributed by atoms with van der Waals surface area (Å²) in [5.74, 6) is 2.06. The first-order chi connectivity index (χ1) is 26.5. The number of aryl methyl sites for hydroxylation is 1. The Kier molecular flexibility index (Phi) is 6.65. The molecule has 9 aromatic rings. The van der Waals surface area contributed by atoms with Crippen molar-refractivity contribution in [2.45, 2.75) is 32.1 Å². The maximum atomic E-state index is 5.35. The van der Waals surface area contributed by atoms with Crippen LogP contribution in [0.4, 0.5) is 0 Å². The molecule has 0 saturated carbocycles. The molecule has 6 aromatic carbocycles. The van der Waals surface area contributed by atoms with Crippen LogP contribution in [0, 0.1) is 0 Å². The van der Waals surface area contributed by atoms with E-state index in [-0.39, 0.29) is 5.41 Å². The lowest BCUT2D eigenvalue weighted by molar-refractivity contribution is 0.660. The van der Waals surface area contributed by atoms with E-state index < -0.39 is 0 Å². The summed E-state index contributed by atoms with van der Waals surface area (Å²) in [5.41, 5.74) is 13.4. The van der Waals surface area contributed by atoms with Gasteiger partial charge in [0.15, 0.2) is 17.5 Å². The zero-order valence-electron chi connectivity index (χ0n) is 30.1. The second kappa shape index (κ2) is 11.6. The van der Waals surface area contributed by atoms with Crippen LogP contribution in [0.25, 0.3) is 89.8 Å². The minimum Gasteiger partial charge on any atom is -0.294 e.